The topological polar surface area (TPSA) is 45.5 Å². The van der Waals surface area contributed by atoms with E-state index in [1.807, 2.05) is 4.57 Å². The van der Waals surface area contributed by atoms with Gasteiger partial charge in [-0.1, -0.05) is 11.6 Å². The first-order valence-electron chi connectivity index (χ1n) is 5.80. The maximum Gasteiger partial charge on any atom is 0.352 e. The van der Waals surface area contributed by atoms with Gasteiger partial charge in [0.1, 0.15) is 5.69 Å². The van der Waals surface area contributed by atoms with Gasteiger partial charge in [0.25, 0.3) is 0 Å². The van der Waals surface area contributed by atoms with Crippen LogP contribution >= 0.6 is 11.6 Å². The van der Waals surface area contributed by atoms with Crippen LogP contribution in [0.2, 0.25) is 5.02 Å². The van der Waals surface area contributed by atoms with Crippen LogP contribution in [0.4, 0.5) is 0 Å². The van der Waals surface area contributed by atoms with Gasteiger partial charge in [0.05, 0.1) is 5.02 Å². The normalized spacial score (nSPS) is 26.1. The maximum atomic E-state index is 11.1. The number of piperidine rings is 1. The van der Waals surface area contributed by atoms with Crippen LogP contribution in [0.5, 0.6) is 0 Å². The van der Waals surface area contributed by atoms with Crippen molar-refractivity contribution in [2.45, 2.75) is 31.8 Å². The molecule has 1 fully saturated rings. The second-order valence-corrected chi connectivity index (χ2v) is 5.20. The molecule has 17 heavy (non-hydrogen) atoms. The fraction of sp³-hybridized carbons (Fsp3) is 0.583. The van der Waals surface area contributed by atoms with E-state index in [9.17, 15) is 4.79 Å². The zero-order chi connectivity index (χ0) is 12.6. The van der Waals surface area contributed by atoms with Crippen LogP contribution in [0.3, 0.4) is 0 Å². The Bertz CT molecular complexity index is 430. The van der Waals surface area contributed by atoms with Crippen LogP contribution in [0.1, 0.15) is 36.3 Å². The molecule has 0 aromatic carbocycles. The number of aromatic nitrogens is 1. The molecule has 4 nitrogen and oxygen atoms in total. The highest BCUT2D eigenvalue weighted by molar-refractivity contribution is 6.30. The van der Waals surface area contributed by atoms with Crippen molar-refractivity contribution in [3.8, 4) is 0 Å². The molecule has 1 aliphatic rings. The Balaban J connectivity index is 2.25. The molecule has 0 radical (unpaired) electrons. The number of carboxylic acids is 1. The SMILES string of the molecule is CC1CC(n2cc(Cl)cc2C(=O)O)CCN1C. The second-order valence-electron chi connectivity index (χ2n) is 4.76. The summed E-state index contributed by atoms with van der Waals surface area (Å²) in [5.74, 6) is -0.913. The third kappa shape index (κ3) is 2.48. The summed E-state index contributed by atoms with van der Waals surface area (Å²) < 4.78 is 1.81. The number of likely N-dealkylation sites (tertiary alicyclic amines) is 1. The molecular formula is C12H17ClN2O2. The smallest absolute Gasteiger partial charge is 0.352 e. The van der Waals surface area contributed by atoms with Crippen molar-refractivity contribution in [1.29, 1.82) is 0 Å². The van der Waals surface area contributed by atoms with Crippen molar-refractivity contribution in [3.05, 3.63) is 23.0 Å². The first kappa shape index (κ1) is 12.5. The molecule has 0 aliphatic carbocycles. The van der Waals surface area contributed by atoms with Gasteiger partial charge in [-0.3, -0.25) is 0 Å². The van der Waals surface area contributed by atoms with Crippen molar-refractivity contribution in [2.75, 3.05) is 13.6 Å². The molecule has 2 atom stereocenters. The van der Waals surface area contributed by atoms with Gasteiger partial charge < -0.3 is 14.6 Å². The molecule has 2 unspecified atom stereocenters. The Kier molecular flexibility index (Phi) is 3.45. The standard InChI is InChI=1S/C12H17ClN2O2/c1-8-5-10(3-4-14(8)2)15-7-9(13)6-11(15)12(16)17/h6-8,10H,3-5H2,1-2H3,(H,16,17). The summed E-state index contributed by atoms with van der Waals surface area (Å²) >= 11 is 5.90. The summed E-state index contributed by atoms with van der Waals surface area (Å²) in [5.41, 5.74) is 0.289. The minimum absolute atomic E-state index is 0.236. The third-order valence-electron chi connectivity index (χ3n) is 3.61. The molecule has 0 bridgehead atoms. The van der Waals surface area contributed by atoms with Crippen molar-refractivity contribution in [2.24, 2.45) is 0 Å². The molecule has 1 aromatic rings. The van der Waals surface area contributed by atoms with E-state index in [0.29, 0.717) is 11.1 Å². The Morgan fingerprint density at radius 2 is 2.29 bits per heavy atom. The van der Waals surface area contributed by atoms with Gasteiger partial charge in [0.15, 0.2) is 0 Å². The Morgan fingerprint density at radius 3 is 2.88 bits per heavy atom. The van der Waals surface area contributed by atoms with Crippen molar-refractivity contribution in [3.63, 3.8) is 0 Å². The minimum atomic E-state index is -0.913. The summed E-state index contributed by atoms with van der Waals surface area (Å²) in [5, 5.41) is 9.63. The van der Waals surface area contributed by atoms with Crippen LogP contribution in [0, 0.1) is 0 Å². The van der Waals surface area contributed by atoms with E-state index in [4.69, 9.17) is 16.7 Å². The number of halogens is 1. The molecule has 1 saturated heterocycles. The second kappa shape index (κ2) is 4.70. The van der Waals surface area contributed by atoms with Crippen LogP contribution in [0.25, 0.3) is 0 Å². The van der Waals surface area contributed by atoms with Gasteiger partial charge in [0.2, 0.25) is 0 Å². The number of rotatable bonds is 2. The highest BCUT2D eigenvalue weighted by Crippen LogP contribution is 2.29. The highest BCUT2D eigenvalue weighted by Gasteiger charge is 2.26. The fourth-order valence-corrected chi connectivity index (χ4v) is 2.64. The van der Waals surface area contributed by atoms with Crippen molar-refractivity contribution >= 4 is 17.6 Å². The Labute approximate surface area is 106 Å². The molecule has 1 aliphatic heterocycles. The maximum absolute atomic E-state index is 11.1. The van der Waals surface area contributed by atoms with Gasteiger partial charge in [0, 0.05) is 24.8 Å². The quantitative estimate of drug-likeness (QED) is 0.884. The van der Waals surface area contributed by atoms with Crippen molar-refractivity contribution in [1.82, 2.24) is 9.47 Å². The molecule has 2 heterocycles. The van der Waals surface area contributed by atoms with Gasteiger partial charge in [-0.05, 0) is 32.9 Å². The average molecular weight is 257 g/mol. The van der Waals surface area contributed by atoms with Crippen LogP contribution < -0.4 is 0 Å². The molecule has 0 spiro atoms. The molecular weight excluding hydrogens is 240 g/mol. The summed E-state index contributed by atoms with van der Waals surface area (Å²) in [6.45, 7) is 3.15. The summed E-state index contributed by atoms with van der Waals surface area (Å²) in [4.78, 5) is 13.4. The molecule has 2 rings (SSSR count). The first-order chi connectivity index (χ1) is 7.99. The third-order valence-corrected chi connectivity index (χ3v) is 3.82. The van der Waals surface area contributed by atoms with E-state index in [-0.39, 0.29) is 11.7 Å². The monoisotopic (exact) mass is 256 g/mol. The zero-order valence-electron chi connectivity index (χ0n) is 10.1. The molecule has 94 valence electrons. The number of carboxylic acid groups (broad SMARTS) is 1. The summed E-state index contributed by atoms with van der Waals surface area (Å²) in [7, 11) is 2.10. The number of nitrogens with zero attached hydrogens (tertiary/aromatic N) is 2. The van der Waals surface area contributed by atoms with Crippen molar-refractivity contribution < 1.29 is 9.90 Å². The largest absolute Gasteiger partial charge is 0.477 e. The lowest BCUT2D eigenvalue weighted by Gasteiger charge is -2.36. The first-order valence-corrected chi connectivity index (χ1v) is 6.17. The fourth-order valence-electron chi connectivity index (χ4n) is 2.44. The van der Waals surface area contributed by atoms with Crippen LogP contribution in [-0.4, -0.2) is 40.2 Å². The number of hydrogen-bond acceptors (Lipinski definition) is 2. The predicted octanol–water partition coefficient (Wildman–Crippen LogP) is 2.49. The Hall–Kier alpha value is -1.00. The minimum Gasteiger partial charge on any atom is -0.477 e. The van der Waals surface area contributed by atoms with Gasteiger partial charge in [-0.2, -0.15) is 0 Å². The molecule has 0 saturated carbocycles. The molecule has 1 aromatic heterocycles. The van der Waals surface area contributed by atoms with E-state index in [2.05, 4.69) is 18.9 Å². The van der Waals surface area contributed by atoms with E-state index < -0.39 is 5.97 Å². The van der Waals surface area contributed by atoms with Crippen LogP contribution in [-0.2, 0) is 0 Å². The van der Waals surface area contributed by atoms with E-state index >= 15 is 0 Å². The lowest BCUT2D eigenvalue weighted by atomic mass is 9.98. The van der Waals surface area contributed by atoms with Gasteiger partial charge in [-0.25, -0.2) is 4.79 Å². The number of aromatic carboxylic acids is 1. The summed E-state index contributed by atoms with van der Waals surface area (Å²) in [6.07, 6.45) is 3.65. The Morgan fingerprint density at radius 1 is 1.59 bits per heavy atom. The van der Waals surface area contributed by atoms with Crippen LogP contribution in [0.15, 0.2) is 12.3 Å². The van der Waals surface area contributed by atoms with E-state index in [1.165, 1.54) is 6.07 Å². The molecule has 1 N–H and O–H groups in total. The number of hydrogen-bond donors (Lipinski definition) is 1. The predicted molar refractivity (Wildman–Crippen MR) is 66.8 cm³/mol. The van der Waals surface area contributed by atoms with E-state index in [1.54, 1.807) is 6.20 Å². The number of carbonyl (C=O) groups is 1. The van der Waals surface area contributed by atoms with Gasteiger partial charge >= 0.3 is 5.97 Å². The lowest BCUT2D eigenvalue weighted by Crippen LogP contribution is -2.38. The zero-order valence-corrected chi connectivity index (χ0v) is 10.8. The van der Waals surface area contributed by atoms with Gasteiger partial charge in [-0.15, -0.1) is 0 Å². The average Bonchev–Trinajstić information content (AvgIpc) is 2.64. The summed E-state index contributed by atoms with van der Waals surface area (Å²) in [6, 6.07) is 2.23. The molecule has 0 amide bonds. The lowest BCUT2D eigenvalue weighted by molar-refractivity contribution is 0.0675. The van der Waals surface area contributed by atoms with E-state index in [0.717, 1.165) is 19.4 Å². The highest BCUT2D eigenvalue weighted by atomic mass is 35.5. The molecule has 5 heteroatoms.